The van der Waals surface area contributed by atoms with Crippen LogP contribution >= 0.6 is 0 Å². The number of benzene rings is 4. The Morgan fingerprint density at radius 3 is 1.90 bits per heavy atom. The predicted octanol–water partition coefficient (Wildman–Crippen LogP) is 5.79. The summed E-state index contributed by atoms with van der Waals surface area (Å²) in [6, 6.07) is 25.0. The van der Waals surface area contributed by atoms with Gasteiger partial charge < -0.3 is 9.84 Å². The number of rotatable bonds is 6. The van der Waals surface area contributed by atoms with Crippen LogP contribution in [0.15, 0.2) is 97.1 Å². The summed E-state index contributed by atoms with van der Waals surface area (Å²) in [6.07, 6.45) is 0. The number of carbonyl (C=O) groups is 2. The number of ether oxygens (including phenoxy) is 1. The zero-order chi connectivity index (χ0) is 21.8. The number of para-hydroxylation sites is 2. The molecular weight excluding hydrogens is 395 g/mol. The third-order valence-electron chi connectivity index (χ3n) is 4.74. The van der Waals surface area contributed by atoms with Crippen molar-refractivity contribution in [3.05, 3.63) is 125 Å². The third-order valence-corrected chi connectivity index (χ3v) is 4.74. The molecule has 0 unspecified atom stereocenters. The van der Waals surface area contributed by atoms with Gasteiger partial charge in [0, 0.05) is 5.56 Å². The molecule has 0 aliphatic carbocycles. The summed E-state index contributed by atoms with van der Waals surface area (Å²) in [5.74, 6) is -0.783. The van der Waals surface area contributed by atoms with Crippen molar-refractivity contribution in [2.45, 2.75) is 0 Å². The van der Waals surface area contributed by atoms with E-state index in [1.165, 1.54) is 42.5 Å². The van der Waals surface area contributed by atoms with Gasteiger partial charge in [0.2, 0.25) is 0 Å². The monoisotopic (exact) mass is 412 g/mol. The Morgan fingerprint density at radius 2 is 1.23 bits per heavy atom. The summed E-state index contributed by atoms with van der Waals surface area (Å²) >= 11 is 0. The van der Waals surface area contributed by atoms with Gasteiger partial charge in [-0.2, -0.15) is 0 Å². The molecule has 0 fully saturated rings. The number of phenolic OH excluding ortho intramolecular Hbond substituents is 1. The van der Waals surface area contributed by atoms with Gasteiger partial charge >= 0.3 is 0 Å². The van der Waals surface area contributed by atoms with E-state index in [0.29, 0.717) is 17.1 Å². The average Bonchev–Trinajstić information content (AvgIpc) is 2.80. The van der Waals surface area contributed by atoms with Crippen molar-refractivity contribution in [2.75, 3.05) is 0 Å². The Kier molecular flexibility index (Phi) is 5.58. The molecule has 0 saturated carbocycles. The number of aromatic hydroxyl groups is 1. The van der Waals surface area contributed by atoms with E-state index in [9.17, 15) is 19.1 Å². The largest absolute Gasteiger partial charge is 0.507 e. The highest BCUT2D eigenvalue weighted by atomic mass is 19.1. The Labute approximate surface area is 178 Å². The van der Waals surface area contributed by atoms with Crippen molar-refractivity contribution in [1.82, 2.24) is 0 Å². The first-order chi connectivity index (χ1) is 15.0. The summed E-state index contributed by atoms with van der Waals surface area (Å²) in [7, 11) is 0. The molecule has 0 aromatic heterocycles. The lowest BCUT2D eigenvalue weighted by atomic mass is 10.0. The van der Waals surface area contributed by atoms with Gasteiger partial charge in [-0.1, -0.05) is 36.4 Å². The van der Waals surface area contributed by atoms with Gasteiger partial charge in [0.15, 0.2) is 11.6 Å². The van der Waals surface area contributed by atoms with Gasteiger partial charge in [0.25, 0.3) is 0 Å². The summed E-state index contributed by atoms with van der Waals surface area (Å²) < 4.78 is 19.8. The Morgan fingerprint density at radius 1 is 0.645 bits per heavy atom. The Bertz CT molecular complexity index is 1260. The molecule has 0 aliphatic heterocycles. The van der Waals surface area contributed by atoms with Gasteiger partial charge in [-0.15, -0.1) is 0 Å². The van der Waals surface area contributed by atoms with E-state index >= 15 is 0 Å². The molecule has 1 N–H and O–H groups in total. The molecule has 0 saturated heterocycles. The van der Waals surface area contributed by atoms with E-state index in [4.69, 9.17) is 4.74 Å². The van der Waals surface area contributed by atoms with Gasteiger partial charge in [0.05, 0.1) is 16.7 Å². The zero-order valence-corrected chi connectivity index (χ0v) is 16.3. The van der Waals surface area contributed by atoms with Crippen LogP contribution in [0.25, 0.3) is 0 Å². The van der Waals surface area contributed by atoms with Crippen LogP contribution in [0.4, 0.5) is 4.39 Å². The number of ketones is 2. The Balaban J connectivity index is 1.58. The molecule has 152 valence electrons. The third kappa shape index (κ3) is 4.21. The highest BCUT2D eigenvalue weighted by Crippen LogP contribution is 2.29. The second-order valence-electron chi connectivity index (χ2n) is 6.78. The fourth-order valence-electron chi connectivity index (χ4n) is 3.16. The molecule has 4 nitrogen and oxygen atoms in total. The molecule has 31 heavy (non-hydrogen) atoms. The highest BCUT2D eigenvalue weighted by Gasteiger charge is 2.18. The number of hydrogen-bond acceptors (Lipinski definition) is 4. The first-order valence-electron chi connectivity index (χ1n) is 9.53. The van der Waals surface area contributed by atoms with Gasteiger partial charge in [0.1, 0.15) is 23.1 Å². The van der Waals surface area contributed by atoms with Crippen LogP contribution in [0.3, 0.4) is 0 Å². The first kappa shape index (κ1) is 20.0. The van der Waals surface area contributed by atoms with Crippen molar-refractivity contribution in [3.8, 4) is 17.2 Å². The van der Waals surface area contributed by atoms with E-state index in [1.807, 2.05) is 0 Å². The molecule has 0 heterocycles. The zero-order valence-electron chi connectivity index (χ0n) is 16.3. The van der Waals surface area contributed by atoms with Gasteiger partial charge in [-0.3, -0.25) is 9.59 Å². The molecule has 0 amide bonds. The van der Waals surface area contributed by atoms with Crippen molar-refractivity contribution in [2.24, 2.45) is 0 Å². The average molecular weight is 412 g/mol. The van der Waals surface area contributed by atoms with Crippen LogP contribution in [0.2, 0.25) is 0 Å². The topological polar surface area (TPSA) is 63.6 Å². The number of phenols is 1. The molecule has 0 bridgehead atoms. The molecule has 0 spiro atoms. The first-order valence-corrected chi connectivity index (χ1v) is 9.53. The molecule has 0 aliphatic rings. The number of carbonyl (C=O) groups excluding carboxylic acids is 2. The molecular formula is C26H17FO4. The molecule has 5 heteroatoms. The summed E-state index contributed by atoms with van der Waals surface area (Å²) in [5, 5.41) is 10.00. The van der Waals surface area contributed by atoms with Gasteiger partial charge in [-0.25, -0.2) is 4.39 Å². The maximum absolute atomic E-state index is 13.9. The second-order valence-corrected chi connectivity index (χ2v) is 6.78. The van der Waals surface area contributed by atoms with E-state index < -0.39 is 11.6 Å². The van der Waals surface area contributed by atoms with Crippen molar-refractivity contribution < 1.29 is 23.8 Å². The van der Waals surface area contributed by atoms with E-state index in [-0.39, 0.29) is 28.2 Å². The van der Waals surface area contributed by atoms with Crippen LogP contribution in [0.5, 0.6) is 17.2 Å². The molecule has 0 atom stereocenters. The van der Waals surface area contributed by atoms with Crippen LogP contribution in [0, 0.1) is 5.82 Å². The van der Waals surface area contributed by atoms with Crippen molar-refractivity contribution in [3.63, 3.8) is 0 Å². The van der Waals surface area contributed by atoms with Crippen LogP contribution in [-0.4, -0.2) is 16.7 Å². The second kappa shape index (κ2) is 8.63. The van der Waals surface area contributed by atoms with Crippen molar-refractivity contribution >= 4 is 11.6 Å². The lowest BCUT2D eigenvalue weighted by Crippen LogP contribution is -2.05. The fraction of sp³-hybridized carbons (Fsp3) is 0. The molecule has 0 radical (unpaired) electrons. The Hall–Kier alpha value is -4.25. The highest BCUT2D eigenvalue weighted by molar-refractivity contribution is 6.12. The number of hydrogen-bond donors (Lipinski definition) is 1. The lowest BCUT2D eigenvalue weighted by Gasteiger charge is -2.11. The van der Waals surface area contributed by atoms with Crippen LogP contribution in [0.1, 0.15) is 31.8 Å². The normalized spacial score (nSPS) is 10.5. The maximum Gasteiger partial charge on any atom is 0.200 e. The van der Waals surface area contributed by atoms with E-state index in [1.54, 1.807) is 54.6 Å². The standard InChI is InChI=1S/C26H17FO4/c27-22-10-4-1-7-19(22)25(29)17-13-15-18(16-14-17)31-24-12-6-3-9-21(24)26(30)20-8-2-5-11-23(20)28/h1-16,28H. The molecule has 4 aromatic rings. The minimum Gasteiger partial charge on any atom is -0.507 e. The molecule has 4 aromatic carbocycles. The van der Waals surface area contributed by atoms with E-state index in [2.05, 4.69) is 0 Å². The summed E-state index contributed by atoms with van der Waals surface area (Å²) in [5.41, 5.74) is 0.769. The van der Waals surface area contributed by atoms with Crippen molar-refractivity contribution in [1.29, 1.82) is 0 Å². The summed E-state index contributed by atoms with van der Waals surface area (Å²) in [6.45, 7) is 0. The molecule has 4 rings (SSSR count). The predicted molar refractivity (Wildman–Crippen MR) is 114 cm³/mol. The van der Waals surface area contributed by atoms with Crippen LogP contribution < -0.4 is 4.74 Å². The van der Waals surface area contributed by atoms with Gasteiger partial charge in [-0.05, 0) is 60.7 Å². The minimum atomic E-state index is -0.579. The SMILES string of the molecule is O=C(c1ccc(Oc2ccccc2C(=O)c2ccccc2O)cc1)c1ccccc1F. The maximum atomic E-state index is 13.9. The lowest BCUT2D eigenvalue weighted by molar-refractivity contribution is 0.102. The summed E-state index contributed by atoms with van der Waals surface area (Å²) in [4.78, 5) is 25.4. The van der Waals surface area contributed by atoms with E-state index in [0.717, 1.165) is 0 Å². The fourth-order valence-corrected chi connectivity index (χ4v) is 3.16. The quantitative estimate of drug-likeness (QED) is 0.408. The number of halogens is 1. The smallest absolute Gasteiger partial charge is 0.200 e. The van der Waals surface area contributed by atoms with Crippen LogP contribution in [-0.2, 0) is 0 Å². The minimum absolute atomic E-state index is 0.00483.